The van der Waals surface area contributed by atoms with Crippen molar-refractivity contribution in [1.82, 2.24) is 5.32 Å². The second-order valence-electron chi connectivity index (χ2n) is 6.05. The molecule has 0 saturated carbocycles. The predicted molar refractivity (Wildman–Crippen MR) is 88.7 cm³/mol. The zero-order chi connectivity index (χ0) is 17.7. The molecule has 0 radical (unpaired) electrons. The fourth-order valence-corrected chi connectivity index (χ4v) is 3.04. The number of hydrogen-bond acceptors (Lipinski definition) is 3. The zero-order valence-corrected chi connectivity index (χ0v) is 13.7. The SMILES string of the molecule is FC(F)(F)Oc1ccc(OCc2ccccc2)c(C2CCNCC2)c1. The highest BCUT2D eigenvalue weighted by molar-refractivity contribution is 5.43. The summed E-state index contributed by atoms with van der Waals surface area (Å²) in [5, 5.41) is 3.26. The fourth-order valence-electron chi connectivity index (χ4n) is 3.04. The summed E-state index contributed by atoms with van der Waals surface area (Å²) in [6.45, 7) is 2.05. The van der Waals surface area contributed by atoms with E-state index in [0.29, 0.717) is 12.4 Å². The minimum absolute atomic E-state index is 0.156. The van der Waals surface area contributed by atoms with Crippen LogP contribution in [0.1, 0.15) is 29.9 Å². The van der Waals surface area contributed by atoms with Gasteiger partial charge in [0.1, 0.15) is 18.1 Å². The minimum Gasteiger partial charge on any atom is -0.489 e. The topological polar surface area (TPSA) is 30.5 Å². The molecule has 1 heterocycles. The van der Waals surface area contributed by atoms with Crippen LogP contribution in [0.3, 0.4) is 0 Å². The third kappa shape index (κ3) is 5.13. The average molecular weight is 351 g/mol. The van der Waals surface area contributed by atoms with Crippen LogP contribution in [0.4, 0.5) is 13.2 Å². The highest BCUT2D eigenvalue weighted by atomic mass is 19.4. The van der Waals surface area contributed by atoms with Crippen molar-refractivity contribution in [2.75, 3.05) is 13.1 Å². The van der Waals surface area contributed by atoms with E-state index >= 15 is 0 Å². The number of rotatable bonds is 5. The summed E-state index contributed by atoms with van der Waals surface area (Å²) in [4.78, 5) is 0. The van der Waals surface area contributed by atoms with Gasteiger partial charge in [0.15, 0.2) is 0 Å². The lowest BCUT2D eigenvalue weighted by Crippen LogP contribution is -2.27. The first-order chi connectivity index (χ1) is 12.0. The van der Waals surface area contributed by atoms with Gasteiger partial charge in [0.25, 0.3) is 0 Å². The van der Waals surface area contributed by atoms with Gasteiger partial charge in [-0.2, -0.15) is 0 Å². The lowest BCUT2D eigenvalue weighted by molar-refractivity contribution is -0.274. The Morgan fingerprint density at radius 3 is 2.40 bits per heavy atom. The first kappa shape index (κ1) is 17.6. The Hall–Kier alpha value is -2.21. The lowest BCUT2D eigenvalue weighted by atomic mass is 9.89. The molecule has 3 rings (SSSR count). The lowest BCUT2D eigenvalue weighted by Gasteiger charge is -2.25. The largest absolute Gasteiger partial charge is 0.573 e. The molecule has 2 aromatic rings. The van der Waals surface area contributed by atoms with Gasteiger partial charge in [-0.05, 0) is 55.6 Å². The maximum Gasteiger partial charge on any atom is 0.573 e. The Labute approximate surface area is 144 Å². The van der Waals surface area contributed by atoms with Crippen molar-refractivity contribution in [1.29, 1.82) is 0 Å². The molecule has 6 heteroatoms. The molecule has 0 atom stereocenters. The zero-order valence-electron chi connectivity index (χ0n) is 13.7. The van der Waals surface area contributed by atoms with Crippen LogP contribution in [0.5, 0.6) is 11.5 Å². The second kappa shape index (κ2) is 7.78. The van der Waals surface area contributed by atoms with Gasteiger partial charge >= 0.3 is 6.36 Å². The summed E-state index contributed by atoms with van der Waals surface area (Å²) < 4.78 is 47.5. The maximum absolute atomic E-state index is 12.5. The number of piperidine rings is 1. The highest BCUT2D eigenvalue weighted by Gasteiger charge is 2.32. The van der Waals surface area contributed by atoms with Gasteiger partial charge in [0.05, 0.1) is 0 Å². The van der Waals surface area contributed by atoms with Crippen molar-refractivity contribution in [2.24, 2.45) is 0 Å². The van der Waals surface area contributed by atoms with E-state index in [-0.39, 0.29) is 11.7 Å². The minimum atomic E-state index is -4.70. The Kier molecular flexibility index (Phi) is 5.48. The van der Waals surface area contributed by atoms with Crippen LogP contribution in [0.15, 0.2) is 48.5 Å². The molecule has 1 aliphatic rings. The third-order valence-electron chi connectivity index (χ3n) is 4.23. The molecule has 0 amide bonds. The molecule has 2 aromatic carbocycles. The molecule has 1 aliphatic heterocycles. The van der Waals surface area contributed by atoms with Gasteiger partial charge in [0.2, 0.25) is 0 Å². The Bertz CT molecular complexity index is 683. The van der Waals surface area contributed by atoms with E-state index in [1.807, 2.05) is 30.3 Å². The van der Waals surface area contributed by atoms with Crippen molar-refractivity contribution in [3.8, 4) is 11.5 Å². The van der Waals surface area contributed by atoms with Crippen LogP contribution >= 0.6 is 0 Å². The number of benzene rings is 2. The van der Waals surface area contributed by atoms with Gasteiger partial charge in [-0.15, -0.1) is 13.2 Å². The van der Waals surface area contributed by atoms with Crippen LogP contribution < -0.4 is 14.8 Å². The molecule has 1 saturated heterocycles. The van der Waals surface area contributed by atoms with Gasteiger partial charge in [-0.3, -0.25) is 0 Å². The molecule has 25 heavy (non-hydrogen) atoms. The Morgan fingerprint density at radius 1 is 1.00 bits per heavy atom. The van der Waals surface area contributed by atoms with E-state index in [2.05, 4.69) is 10.1 Å². The molecular weight excluding hydrogens is 331 g/mol. The number of nitrogens with one attached hydrogen (secondary N) is 1. The number of hydrogen-bond donors (Lipinski definition) is 1. The highest BCUT2D eigenvalue weighted by Crippen LogP contribution is 2.37. The second-order valence-corrected chi connectivity index (χ2v) is 6.05. The van der Waals surface area contributed by atoms with Crippen LogP contribution in [-0.4, -0.2) is 19.5 Å². The van der Waals surface area contributed by atoms with Crippen molar-refractivity contribution < 1.29 is 22.6 Å². The van der Waals surface area contributed by atoms with Crippen LogP contribution in [-0.2, 0) is 6.61 Å². The smallest absolute Gasteiger partial charge is 0.489 e. The van der Waals surface area contributed by atoms with E-state index in [1.54, 1.807) is 6.07 Å². The number of ether oxygens (including phenoxy) is 2. The molecule has 0 bridgehead atoms. The van der Waals surface area contributed by atoms with Crippen molar-refractivity contribution >= 4 is 0 Å². The van der Waals surface area contributed by atoms with E-state index in [0.717, 1.165) is 37.1 Å². The summed E-state index contributed by atoms with van der Waals surface area (Å²) >= 11 is 0. The maximum atomic E-state index is 12.5. The van der Waals surface area contributed by atoms with Crippen molar-refractivity contribution in [2.45, 2.75) is 31.7 Å². The molecular formula is C19H20F3NO2. The van der Waals surface area contributed by atoms with Crippen LogP contribution in [0.2, 0.25) is 0 Å². The van der Waals surface area contributed by atoms with Crippen LogP contribution in [0, 0.1) is 0 Å². The molecule has 1 fully saturated rings. The average Bonchev–Trinajstić information content (AvgIpc) is 2.61. The monoisotopic (exact) mass is 351 g/mol. The summed E-state index contributed by atoms with van der Waals surface area (Å²) in [7, 11) is 0. The van der Waals surface area contributed by atoms with E-state index < -0.39 is 6.36 Å². The predicted octanol–water partition coefficient (Wildman–Crippen LogP) is 4.63. The summed E-state index contributed by atoms with van der Waals surface area (Å²) in [5.74, 6) is 0.571. The first-order valence-electron chi connectivity index (χ1n) is 8.28. The van der Waals surface area contributed by atoms with Crippen molar-refractivity contribution in [3.05, 3.63) is 59.7 Å². The first-order valence-corrected chi connectivity index (χ1v) is 8.28. The van der Waals surface area contributed by atoms with Gasteiger partial charge < -0.3 is 14.8 Å². The van der Waals surface area contributed by atoms with Gasteiger partial charge in [0, 0.05) is 5.56 Å². The summed E-state index contributed by atoms with van der Waals surface area (Å²) in [6.07, 6.45) is -2.98. The Morgan fingerprint density at radius 2 is 1.72 bits per heavy atom. The fraction of sp³-hybridized carbons (Fsp3) is 0.368. The van der Waals surface area contributed by atoms with E-state index in [4.69, 9.17) is 4.74 Å². The van der Waals surface area contributed by atoms with Gasteiger partial charge in [-0.25, -0.2) is 0 Å². The molecule has 0 unspecified atom stereocenters. The summed E-state index contributed by atoms with van der Waals surface area (Å²) in [6, 6.07) is 14.0. The molecule has 0 spiro atoms. The molecule has 134 valence electrons. The quantitative estimate of drug-likeness (QED) is 0.852. The number of alkyl halides is 3. The number of halogens is 3. The van der Waals surface area contributed by atoms with Crippen molar-refractivity contribution in [3.63, 3.8) is 0 Å². The molecule has 0 aliphatic carbocycles. The van der Waals surface area contributed by atoms with Crippen LogP contribution in [0.25, 0.3) is 0 Å². The molecule has 3 nitrogen and oxygen atoms in total. The third-order valence-corrected chi connectivity index (χ3v) is 4.23. The van der Waals surface area contributed by atoms with E-state index in [1.165, 1.54) is 12.1 Å². The molecule has 1 N–H and O–H groups in total. The van der Waals surface area contributed by atoms with E-state index in [9.17, 15) is 13.2 Å². The molecule has 0 aromatic heterocycles. The standard InChI is InChI=1S/C19H20F3NO2/c20-19(21,22)25-16-6-7-18(24-13-14-4-2-1-3-5-14)17(12-16)15-8-10-23-11-9-15/h1-7,12,15,23H,8-11,13H2. The Balaban J connectivity index is 1.82. The normalized spacial score (nSPS) is 15.8. The van der Waals surface area contributed by atoms with Gasteiger partial charge in [-0.1, -0.05) is 30.3 Å². The summed E-state index contributed by atoms with van der Waals surface area (Å²) in [5.41, 5.74) is 1.79.